The first-order chi connectivity index (χ1) is 10.7. The van der Waals surface area contributed by atoms with E-state index in [2.05, 4.69) is 12.2 Å². The topological polar surface area (TPSA) is 29.1 Å². The van der Waals surface area contributed by atoms with Gasteiger partial charge in [-0.2, -0.15) is 0 Å². The molecule has 0 fully saturated rings. The van der Waals surface area contributed by atoms with Crippen LogP contribution in [-0.2, 0) is 0 Å². The molecule has 22 heavy (non-hydrogen) atoms. The molecule has 0 aromatic heterocycles. The van der Waals surface area contributed by atoms with E-state index in [4.69, 9.17) is 0 Å². The summed E-state index contributed by atoms with van der Waals surface area (Å²) in [7, 11) is 0. The van der Waals surface area contributed by atoms with Gasteiger partial charge in [-0.15, -0.1) is 0 Å². The zero-order valence-electron chi connectivity index (χ0n) is 13.3. The van der Waals surface area contributed by atoms with Crippen LogP contribution < -0.4 is 5.32 Å². The highest BCUT2D eigenvalue weighted by Crippen LogP contribution is 2.13. The Balaban J connectivity index is 2.23. The van der Waals surface area contributed by atoms with Crippen LogP contribution in [0.3, 0.4) is 0 Å². The molecule has 2 nitrogen and oxygen atoms in total. The molecule has 2 rings (SSSR count). The smallest absolute Gasteiger partial charge is 0.187 e. The molecule has 0 aliphatic heterocycles. The molecule has 0 heterocycles. The molecule has 0 aliphatic rings. The second-order valence-corrected chi connectivity index (χ2v) is 5.43. The van der Waals surface area contributed by atoms with Gasteiger partial charge < -0.3 is 5.32 Å². The summed E-state index contributed by atoms with van der Waals surface area (Å²) in [5, 5.41) is 3.39. The van der Waals surface area contributed by atoms with E-state index in [1.807, 2.05) is 61.5 Å². The van der Waals surface area contributed by atoms with Crippen molar-refractivity contribution in [3.63, 3.8) is 0 Å². The molecule has 0 aliphatic carbocycles. The van der Waals surface area contributed by atoms with Crippen LogP contribution in [0, 0.1) is 6.92 Å². The molecule has 2 heteroatoms. The Morgan fingerprint density at radius 1 is 1.00 bits per heavy atom. The van der Waals surface area contributed by atoms with Gasteiger partial charge in [0.25, 0.3) is 0 Å². The normalized spacial score (nSPS) is 11.3. The quantitative estimate of drug-likeness (QED) is 0.459. The van der Waals surface area contributed by atoms with E-state index < -0.39 is 0 Å². The van der Waals surface area contributed by atoms with E-state index in [0.29, 0.717) is 0 Å². The molecule has 0 saturated carbocycles. The standard InChI is InChI=1S/C20H23NO/c1-3-4-14-21-19(17-8-6-5-7-9-17)15-20(22)18-12-10-16(2)11-13-18/h5-13,15,21H,3-4,14H2,1-2H3/b19-15+. The summed E-state index contributed by atoms with van der Waals surface area (Å²) in [6.07, 6.45) is 3.92. The predicted molar refractivity (Wildman–Crippen MR) is 92.8 cm³/mol. The number of rotatable bonds is 7. The summed E-state index contributed by atoms with van der Waals surface area (Å²) >= 11 is 0. The lowest BCUT2D eigenvalue weighted by Gasteiger charge is -2.11. The largest absolute Gasteiger partial charge is 0.384 e. The highest BCUT2D eigenvalue weighted by atomic mass is 16.1. The van der Waals surface area contributed by atoms with E-state index in [1.165, 1.54) is 0 Å². The van der Waals surface area contributed by atoms with Crippen LogP contribution in [0.15, 0.2) is 60.7 Å². The minimum Gasteiger partial charge on any atom is -0.384 e. The zero-order valence-corrected chi connectivity index (χ0v) is 13.3. The van der Waals surface area contributed by atoms with Gasteiger partial charge >= 0.3 is 0 Å². The first kappa shape index (κ1) is 16.0. The first-order valence-electron chi connectivity index (χ1n) is 7.82. The number of hydrogen-bond donors (Lipinski definition) is 1. The van der Waals surface area contributed by atoms with Gasteiger partial charge in [-0.25, -0.2) is 0 Å². The van der Waals surface area contributed by atoms with E-state index in [1.54, 1.807) is 6.08 Å². The lowest BCUT2D eigenvalue weighted by Crippen LogP contribution is -2.15. The first-order valence-corrected chi connectivity index (χ1v) is 7.82. The van der Waals surface area contributed by atoms with Crippen LogP contribution in [0.1, 0.15) is 41.3 Å². The number of carbonyl (C=O) groups excluding carboxylic acids is 1. The highest BCUT2D eigenvalue weighted by molar-refractivity contribution is 6.08. The Bertz CT molecular complexity index is 627. The second-order valence-electron chi connectivity index (χ2n) is 5.43. The molecule has 0 radical (unpaired) electrons. The van der Waals surface area contributed by atoms with Crippen molar-refractivity contribution in [3.05, 3.63) is 77.4 Å². The maximum atomic E-state index is 12.5. The molecule has 0 atom stereocenters. The number of unbranched alkanes of at least 4 members (excludes halogenated alkanes) is 1. The molecule has 0 unspecified atom stereocenters. The zero-order chi connectivity index (χ0) is 15.8. The van der Waals surface area contributed by atoms with E-state index in [9.17, 15) is 4.79 Å². The Morgan fingerprint density at radius 3 is 2.32 bits per heavy atom. The lowest BCUT2D eigenvalue weighted by molar-refractivity contribution is 0.104. The summed E-state index contributed by atoms with van der Waals surface area (Å²) in [4.78, 5) is 12.5. The molecule has 0 saturated heterocycles. The average molecular weight is 293 g/mol. The summed E-state index contributed by atoms with van der Waals surface area (Å²) < 4.78 is 0. The van der Waals surface area contributed by atoms with Crippen LogP contribution in [0.2, 0.25) is 0 Å². The van der Waals surface area contributed by atoms with E-state index in [0.717, 1.165) is 41.8 Å². The number of ketones is 1. The van der Waals surface area contributed by atoms with Crippen LogP contribution in [0.5, 0.6) is 0 Å². The molecule has 114 valence electrons. The number of carbonyl (C=O) groups is 1. The number of nitrogens with one attached hydrogen (secondary N) is 1. The summed E-state index contributed by atoms with van der Waals surface area (Å²) in [6, 6.07) is 17.7. The van der Waals surface area contributed by atoms with Gasteiger partial charge in [0, 0.05) is 23.9 Å². The molecule has 0 bridgehead atoms. The third-order valence-corrected chi connectivity index (χ3v) is 3.54. The van der Waals surface area contributed by atoms with Crippen molar-refractivity contribution in [2.45, 2.75) is 26.7 Å². The fourth-order valence-electron chi connectivity index (χ4n) is 2.19. The molecule has 2 aromatic rings. The predicted octanol–water partition coefficient (Wildman–Crippen LogP) is 4.61. The van der Waals surface area contributed by atoms with Gasteiger partial charge in [0.2, 0.25) is 0 Å². The van der Waals surface area contributed by atoms with Crippen LogP contribution in [-0.4, -0.2) is 12.3 Å². The Hall–Kier alpha value is -2.35. The summed E-state index contributed by atoms with van der Waals surface area (Å²) in [5.41, 5.74) is 3.81. The lowest BCUT2D eigenvalue weighted by atomic mass is 10.1. The number of hydrogen-bond acceptors (Lipinski definition) is 2. The minimum absolute atomic E-state index is 0.0304. The fraction of sp³-hybridized carbons (Fsp3) is 0.250. The second kappa shape index (κ2) is 8.18. The third kappa shape index (κ3) is 4.59. The van der Waals surface area contributed by atoms with Crippen molar-refractivity contribution < 1.29 is 4.79 Å². The van der Waals surface area contributed by atoms with Gasteiger partial charge in [0.05, 0.1) is 0 Å². The minimum atomic E-state index is 0.0304. The van der Waals surface area contributed by atoms with Crippen molar-refractivity contribution in [3.8, 4) is 0 Å². The van der Waals surface area contributed by atoms with Crippen LogP contribution in [0.4, 0.5) is 0 Å². The maximum absolute atomic E-state index is 12.5. The van der Waals surface area contributed by atoms with Crippen molar-refractivity contribution in [2.24, 2.45) is 0 Å². The summed E-state index contributed by atoms with van der Waals surface area (Å²) in [5.74, 6) is 0.0304. The SMILES string of the molecule is CCCCN/C(=C/C(=O)c1ccc(C)cc1)c1ccccc1. The molecular weight excluding hydrogens is 270 g/mol. The van der Waals surface area contributed by atoms with Crippen LogP contribution in [0.25, 0.3) is 5.70 Å². The Kier molecular flexibility index (Phi) is 5.96. The number of aryl methyl sites for hydroxylation is 1. The number of allylic oxidation sites excluding steroid dienone is 1. The van der Waals surface area contributed by atoms with Crippen LogP contribution >= 0.6 is 0 Å². The molecular formula is C20H23NO. The van der Waals surface area contributed by atoms with Gasteiger partial charge in [0.1, 0.15) is 0 Å². The van der Waals surface area contributed by atoms with Crippen molar-refractivity contribution in [1.82, 2.24) is 5.32 Å². The van der Waals surface area contributed by atoms with Gasteiger partial charge in [0.15, 0.2) is 5.78 Å². The van der Waals surface area contributed by atoms with Crippen molar-refractivity contribution in [2.75, 3.05) is 6.54 Å². The molecule has 0 amide bonds. The summed E-state index contributed by atoms with van der Waals surface area (Å²) in [6.45, 7) is 5.05. The molecule has 1 N–H and O–H groups in total. The fourth-order valence-corrected chi connectivity index (χ4v) is 2.19. The Morgan fingerprint density at radius 2 is 1.68 bits per heavy atom. The third-order valence-electron chi connectivity index (χ3n) is 3.54. The highest BCUT2D eigenvalue weighted by Gasteiger charge is 2.06. The van der Waals surface area contributed by atoms with Gasteiger partial charge in [-0.05, 0) is 18.9 Å². The molecule has 0 spiro atoms. The maximum Gasteiger partial charge on any atom is 0.187 e. The Labute approximate surface area is 132 Å². The van der Waals surface area contributed by atoms with Gasteiger partial charge in [-0.3, -0.25) is 4.79 Å². The monoisotopic (exact) mass is 293 g/mol. The van der Waals surface area contributed by atoms with E-state index >= 15 is 0 Å². The average Bonchev–Trinajstić information content (AvgIpc) is 2.55. The number of benzene rings is 2. The van der Waals surface area contributed by atoms with Crippen molar-refractivity contribution >= 4 is 11.5 Å². The molecule has 2 aromatic carbocycles. The van der Waals surface area contributed by atoms with E-state index in [-0.39, 0.29) is 5.78 Å². The van der Waals surface area contributed by atoms with Gasteiger partial charge in [-0.1, -0.05) is 73.5 Å². The van der Waals surface area contributed by atoms with Crippen molar-refractivity contribution in [1.29, 1.82) is 0 Å².